The molecule has 0 fully saturated rings. The molecule has 3 heterocycles. The number of halogens is 3. The number of pyridine rings is 1. The van der Waals surface area contributed by atoms with Gasteiger partial charge in [0, 0.05) is 43.0 Å². The van der Waals surface area contributed by atoms with E-state index < -0.39 is 22.6 Å². The number of amides is 1. The maximum Gasteiger partial charge on any atom is 0.416 e. The van der Waals surface area contributed by atoms with E-state index in [0.717, 1.165) is 17.7 Å². The average molecular weight is 476 g/mol. The van der Waals surface area contributed by atoms with Crippen molar-refractivity contribution >= 4 is 17.4 Å². The summed E-state index contributed by atoms with van der Waals surface area (Å²) in [7, 11) is 0. The van der Waals surface area contributed by atoms with Crippen LogP contribution >= 0.6 is 0 Å². The van der Waals surface area contributed by atoms with Crippen LogP contribution in [-0.2, 0) is 19.3 Å². The average Bonchev–Trinajstić information content (AvgIpc) is 3.18. The molecule has 34 heavy (non-hydrogen) atoms. The molecule has 0 radical (unpaired) electrons. The first-order valence-electron chi connectivity index (χ1n) is 10.2. The number of hydrogen-bond acceptors (Lipinski definition) is 7. The van der Waals surface area contributed by atoms with Gasteiger partial charge in [-0.1, -0.05) is 12.1 Å². The summed E-state index contributed by atoms with van der Waals surface area (Å²) in [5.41, 5.74) is 0.0363. The van der Waals surface area contributed by atoms with Gasteiger partial charge >= 0.3 is 18.0 Å². The third-order valence-electron chi connectivity index (χ3n) is 5.12. The Morgan fingerprint density at radius 1 is 1.21 bits per heavy atom. The molecule has 1 N–H and O–H groups in total. The zero-order chi connectivity index (χ0) is 24.3. The molecule has 1 aliphatic rings. The number of alkyl halides is 3. The number of carbonyl (C=O) groups is 1. The van der Waals surface area contributed by atoms with E-state index in [2.05, 4.69) is 20.2 Å². The van der Waals surface area contributed by atoms with Crippen molar-refractivity contribution in [3.05, 3.63) is 75.7 Å². The number of aromatic nitrogens is 3. The van der Waals surface area contributed by atoms with Crippen LogP contribution < -0.4 is 10.1 Å². The topological polar surface area (TPSA) is 115 Å². The molecule has 4 rings (SSSR count). The van der Waals surface area contributed by atoms with Gasteiger partial charge in [-0.2, -0.15) is 13.2 Å². The third kappa shape index (κ3) is 5.49. The lowest BCUT2D eigenvalue weighted by molar-refractivity contribution is -0.389. The van der Waals surface area contributed by atoms with Gasteiger partial charge in [0.15, 0.2) is 0 Å². The summed E-state index contributed by atoms with van der Waals surface area (Å²) in [5, 5.41) is 13.3. The number of nitrogens with one attached hydrogen (secondary N) is 1. The van der Waals surface area contributed by atoms with Gasteiger partial charge < -0.3 is 20.2 Å². The highest BCUT2D eigenvalue weighted by Crippen LogP contribution is 2.30. The van der Waals surface area contributed by atoms with E-state index in [4.69, 9.17) is 4.74 Å². The first-order valence-corrected chi connectivity index (χ1v) is 10.2. The third-order valence-corrected chi connectivity index (χ3v) is 5.12. The molecule has 3 aromatic rings. The molecule has 1 amide bonds. The highest BCUT2D eigenvalue weighted by molar-refractivity contribution is 6.02. The molecule has 1 aromatic carbocycles. The van der Waals surface area contributed by atoms with E-state index in [9.17, 15) is 28.1 Å². The number of anilines is 1. The van der Waals surface area contributed by atoms with Crippen molar-refractivity contribution in [1.29, 1.82) is 0 Å². The van der Waals surface area contributed by atoms with Gasteiger partial charge in [0.1, 0.15) is 18.5 Å². The first kappa shape index (κ1) is 23.2. The van der Waals surface area contributed by atoms with E-state index >= 15 is 0 Å². The van der Waals surface area contributed by atoms with E-state index in [0.29, 0.717) is 32.8 Å². The van der Waals surface area contributed by atoms with Crippen LogP contribution in [0, 0.1) is 10.1 Å². The Kier molecular flexibility index (Phi) is 6.45. The predicted molar refractivity (Wildman–Crippen MR) is 113 cm³/mol. The molecule has 0 unspecified atom stereocenters. The van der Waals surface area contributed by atoms with E-state index in [1.807, 2.05) is 0 Å². The summed E-state index contributed by atoms with van der Waals surface area (Å²) in [6.07, 6.45) is -1.65. The summed E-state index contributed by atoms with van der Waals surface area (Å²) in [4.78, 5) is 32.8. The Bertz CT molecular complexity index is 1200. The van der Waals surface area contributed by atoms with E-state index in [1.165, 1.54) is 30.6 Å². The van der Waals surface area contributed by atoms with Gasteiger partial charge in [0.2, 0.25) is 0 Å². The number of rotatable bonds is 5. The standard InChI is InChI=1S/C21H19F3N6O4/c22-21(23,24)15-2-1-3-16(10-15)26-19(31)17-5-4-14(11-25-17)12-28-6-7-29-13-18(30(32)33)27-20(29)34-9-8-28/h1-5,10-11,13H,6-9,12H2,(H,26,31). The van der Waals surface area contributed by atoms with Crippen molar-refractivity contribution < 1.29 is 27.6 Å². The molecule has 1 aliphatic heterocycles. The van der Waals surface area contributed by atoms with Crippen molar-refractivity contribution in [3.8, 4) is 6.01 Å². The van der Waals surface area contributed by atoms with E-state index in [-0.39, 0.29) is 23.2 Å². The molecular formula is C21H19F3N6O4. The second-order valence-electron chi connectivity index (χ2n) is 7.54. The lowest BCUT2D eigenvalue weighted by atomic mass is 10.2. The van der Waals surface area contributed by atoms with Crippen LogP contribution in [0.5, 0.6) is 6.01 Å². The van der Waals surface area contributed by atoms with Crippen LogP contribution in [0.2, 0.25) is 0 Å². The predicted octanol–water partition coefficient (Wildman–Crippen LogP) is 3.35. The molecule has 10 nitrogen and oxygen atoms in total. The number of benzene rings is 1. The van der Waals surface area contributed by atoms with Crippen molar-refractivity contribution in [2.24, 2.45) is 0 Å². The van der Waals surface area contributed by atoms with Gasteiger partial charge in [-0.25, -0.2) is 0 Å². The van der Waals surface area contributed by atoms with Crippen LogP contribution in [-0.4, -0.2) is 50.0 Å². The molecule has 0 bridgehead atoms. The minimum atomic E-state index is -4.51. The maximum atomic E-state index is 12.9. The Morgan fingerprint density at radius 3 is 2.74 bits per heavy atom. The van der Waals surface area contributed by atoms with Crippen LogP contribution in [0.25, 0.3) is 0 Å². The smallest absolute Gasteiger partial charge is 0.416 e. The Morgan fingerprint density at radius 2 is 2.03 bits per heavy atom. The van der Waals surface area contributed by atoms with Gasteiger partial charge in [0.05, 0.1) is 5.56 Å². The van der Waals surface area contributed by atoms with Gasteiger partial charge in [-0.05, 0) is 34.8 Å². The van der Waals surface area contributed by atoms with Crippen molar-refractivity contribution in [2.45, 2.75) is 19.3 Å². The highest BCUT2D eigenvalue weighted by atomic mass is 19.4. The van der Waals surface area contributed by atoms with Crippen LogP contribution in [0.3, 0.4) is 0 Å². The summed E-state index contributed by atoms with van der Waals surface area (Å²) in [5.74, 6) is -0.897. The number of hydrogen-bond donors (Lipinski definition) is 1. The number of carbonyl (C=O) groups excluding carboxylic acids is 1. The zero-order valence-corrected chi connectivity index (χ0v) is 17.7. The molecule has 0 saturated heterocycles. The van der Waals surface area contributed by atoms with Crippen LogP contribution in [0.15, 0.2) is 48.8 Å². The molecule has 178 valence electrons. The van der Waals surface area contributed by atoms with Crippen LogP contribution in [0.1, 0.15) is 21.6 Å². The van der Waals surface area contributed by atoms with Crippen molar-refractivity contribution in [1.82, 2.24) is 19.4 Å². The normalized spacial score (nSPS) is 14.4. The fourth-order valence-electron chi connectivity index (χ4n) is 3.41. The molecule has 13 heteroatoms. The molecule has 0 saturated carbocycles. The second-order valence-corrected chi connectivity index (χ2v) is 7.54. The zero-order valence-electron chi connectivity index (χ0n) is 17.7. The minimum Gasteiger partial charge on any atom is -0.444 e. The quantitative estimate of drug-likeness (QED) is 0.444. The monoisotopic (exact) mass is 476 g/mol. The summed E-state index contributed by atoms with van der Waals surface area (Å²) in [6, 6.07) is 7.78. The second kappa shape index (κ2) is 9.47. The Balaban J connectivity index is 1.36. The molecular weight excluding hydrogens is 457 g/mol. The van der Waals surface area contributed by atoms with Crippen molar-refractivity contribution in [2.75, 3.05) is 25.0 Å². The largest absolute Gasteiger partial charge is 0.444 e. The number of imidazole rings is 1. The SMILES string of the molecule is O=C(Nc1cccc(C(F)(F)F)c1)c1ccc(CN2CCOc3nc([N+](=O)[O-])cn3CC2)cn1. The van der Waals surface area contributed by atoms with E-state index in [1.54, 1.807) is 10.6 Å². The number of ether oxygens (including phenoxy) is 1. The fraction of sp³-hybridized carbons (Fsp3) is 0.286. The van der Waals surface area contributed by atoms with Gasteiger partial charge in [-0.15, -0.1) is 0 Å². The minimum absolute atomic E-state index is 0.0189. The van der Waals surface area contributed by atoms with Crippen molar-refractivity contribution in [3.63, 3.8) is 0 Å². The van der Waals surface area contributed by atoms with Gasteiger partial charge in [-0.3, -0.25) is 19.2 Å². The fourth-order valence-corrected chi connectivity index (χ4v) is 3.41. The molecule has 2 aromatic heterocycles. The van der Waals surface area contributed by atoms with Gasteiger partial charge in [0.25, 0.3) is 5.91 Å². The first-order chi connectivity index (χ1) is 16.2. The molecule has 0 spiro atoms. The lowest BCUT2D eigenvalue weighted by Crippen LogP contribution is -2.33. The molecule has 0 aliphatic carbocycles. The number of nitro groups is 1. The summed E-state index contributed by atoms with van der Waals surface area (Å²) in [6.45, 7) is 2.37. The summed E-state index contributed by atoms with van der Waals surface area (Å²) < 4.78 is 45.7. The number of nitrogens with zero attached hydrogens (tertiary/aromatic N) is 5. The Hall–Kier alpha value is -4.00. The lowest BCUT2D eigenvalue weighted by Gasteiger charge is -2.24. The highest BCUT2D eigenvalue weighted by Gasteiger charge is 2.30. The summed E-state index contributed by atoms with van der Waals surface area (Å²) >= 11 is 0. The Labute approximate surface area is 191 Å². The molecule has 0 atom stereocenters. The number of fused-ring (bicyclic) bond motifs is 1. The maximum absolute atomic E-state index is 12.9. The van der Waals surface area contributed by atoms with Crippen LogP contribution in [0.4, 0.5) is 24.7 Å².